The molecule has 0 aliphatic rings. The van der Waals surface area contributed by atoms with Gasteiger partial charge in [-0.2, -0.15) is 0 Å². The van der Waals surface area contributed by atoms with E-state index in [4.69, 9.17) is 9.52 Å². The molecule has 6 nitrogen and oxygen atoms in total. The van der Waals surface area contributed by atoms with Gasteiger partial charge in [0, 0.05) is 12.1 Å². The van der Waals surface area contributed by atoms with Gasteiger partial charge in [0.25, 0.3) is 0 Å². The number of carboxylic acid groups (broad SMARTS) is 1. The van der Waals surface area contributed by atoms with Gasteiger partial charge in [-0.25, -0.2) is 17.9 Å². The molecule has 0 unspecified atom stereocenters. The van der Waals surface area contributed by atoms with E-state index in [0.717, 1.165) is 11.3 Å². The molecule has 0 fully saturated rings. The zero-order valence-electron chi connectivity index (χ0n) is 9.91. The normalized spacial score (nSPS) is 11.6. The maximum Gasteiger partial charge on any atom is 0.346 e. The average Bonchev–Trinajstić information content (AvgIpc) is 2.95. The number of thiophene rings is 1. The summed E-state index contributed by atoms with van der Waals surface area (Å²) in [6.07, 6.45) is 2.88. The molecule has 8 heteroatoms. The summed E-state index contributed by atoms with van der Waals surface area (Å²) in [4.78, 5) is 10.9. The number of hydrogen-bond acceptors (Lipinski definition) is 5. The van der Waals surface area contributed by atoms with E-state index in [1.165, 1.54) is 18.6 Å². The van der Waals surface area contributed by atoms with Crippen LogP contribution in [-0.2, 0) is 16.6 Å². The van der Waals surface area contributed by atoms with Crippen LogP contribution >= 0.6 is 11.3 Å². The minimum Gasteiger partial charge on any atom is -0.477 e. The Morgan fingerprint density at radius 2 is 2.26 bits per heavy atom. The fraction of sp³-hybridized carbons (Fsp3) is 0.182. The minimum absolute atomic E-state index is 0.00843. The molecular weight excluding hydrogens is 290 g/mol. The fourth-order valence-corrected chi connectivity index (χ4v) is 3.88. The summed E-state index contributed by atoms with van der Waals surface area (Å²) in [5, 5.41) is 8.91. The van der Waals surface area contributed by atoms with E-state index >= 15 is 0 Å². The summed E-state index contributed by atoms with van der Waals surface area (Å²) in [6.45, 7) is 1.66. The van der Waals surface area contributed by atoms with Gasteiger partial charge < -0.3 is 9.52 Å². The van der Waals surface area contributed by atoms with Crippen molar-refractivity contribution >= 4 is 27.3 Å². The zero-order valence-corrected chi connectivity index (χ0v) is 11.5. The molecule has 19 heavy (non-hydrogen) atoms. The Kier molecular flexibility index (Phi) is 3.74. The van der Waals surface area contributed by atoms with Gasteiger partial charge in [-0.05, 0) is 24.6 Å². The lowest BCUT2D eigenvalue weighted by molar-refractivity contribution is 0.0701. The zero-order chi connectivity index (χ0) is 14.0. The Morgan fingerprint density at radius 3 is 2.79 bits per heavy atom. The van der Waals surface area contributed by atoms with Gasteiger partial charge in [-0.1, -0.05) is 0 Å². The summed E-state index contributed by atoms with van der Waals surface area (Å²) in [6, 6.07) is 3.00. The first kappa shape index (κ1) is 13.8. The van der Waals surface area contributed by atoms with Crippen LogP contribution < -0.4 is 4.72 Å². The highest BCUT2D eigenvalue weighted by Crippen LogP contribution is 2.25. The summed E-state index contributed by atoms with van der Waals surface area (Å²) >= 11 is 0.738. The first-order valence-corrected chi connectivity index (χ1v) is 7.54. The molecule has 2 N–H and O–H groups in total. The van der Waals surface area contributed by atoms with Crippen molar-refractivity contribution in [2.75, 3.05) is 0 Å². The molecule has 102 valence electrons. The molecule has 2 heterocycles. The second kappa shape index (κ2) is 5.16. The summed E-state index contributed by atoms with van der Waals surface area (Å²) < 4.78 is 31.2. The monoisotopic (exact) mass is 301 g/mol. The Bertz CT molecular complexity index is 685. The lowest BCUT2D eigenvalue weighted by Gasteiger charge is -2.02. The van der Waals surface area contributed by atoms with Crippen LogP contribution in [0.25, 0.3) is 0 Å². The van der Waals surface area contributed by atoms with E-state index in [9.17, 15) is 13.2 Å². The van der Waals surface area contributed by atoms with Gasteiger partial charge in [-0.15, -0.1) is 11.3 Å². The Balaban J connectivity index is 2.20. The molecule has 0 atom stereocenters. The van der Waals surface area contributed by atoms with Crippen LogP contribution in [-0.4, -0.2) is 19.5 Å². The van der Waals surface area contributed by atoms with Crippen molar-refractivity contribution in [2.24, 2.45) is 0 Å². The second-order valence-electron chi connectivity index (χ2n) is 3.84. The number of carbonyl (C=O) groups is 1. The predicted octanol–water partition coefficient (Wildman–Crippen LogP) is 1.83. The van der Waals surface area contributed by atoms with Crippen LogP contribution in [0.15, 0.2) is 33.3 Å². The third-order valence-electron chi connectivity index (χ3n) is 2.40. The third-order valence-corrected chi connectivity index (χ3v) is 5.50. The molecular formula is C11H11NO5S2. The molecule has 2 rings (SSSR count). The van der Waals surface area contributed by atoms with Crippen LogP contribution in [0.4, 0.5) is 0 Å². The van der Waals surface area contributed by atoms with Gasteiger partial charge >= 0.3 is 5.97 Å². The number of hydrogen-bond donors (Lipinski definition) is 2. The molecule has 0 saturated heterocycles. The second-order valence-corrected chi connectivity index (χ2v) is 6.88. The van der Waals surface area contributed by atoms with E-state index in [0.29, 0.717) is 11.1 Å². The van der Waals surface area contributed by atoms with Crippen molar-refractivity contribution in [1.29, 1.82) is 0 Å². The van der Waals surface area contributed by atoms with E-state index in [1.807, 2.05) is 0 Å². The molecule has 0 aromatic carbocycles. The number of carboxylic acids is 1. The fourth-order valence-electron chi connectivity index (χ4n) is 1.44. The first-order chi connectivity index (χ1) is 8.90. The van der Waals surface area contributed by atoms with Crippen LogP contribution in [0, 0.1) is 6.92 Å². The highest BCUT2D eigenvalue weighted by atomic mass is 32.2. The van der Waals surface area contributed by atoms with Crippen LogP contribution in [0.2, 0.25) is 0 Å². The molecule has 0 saturated carbocycles. The van der Waals surface area contributed by atoms with E-state index in [1.54, 1.807) is 13.0 Å². The van der Waals surface area contributed by atoms with Crippen molar-refractivity contribution < 1.29 is 22.7 Å². The van der Waals surface area contributed by atoms with Crippen LogP contribution in [0.3, 0.4) is 0 Å². The van der Waals surface area contributed by atoms with Crippen molar-refractivity contribution in [1.82, 2.24) is 4.72 Å². The summed E-state index contributed by atoms with van der Waals surface area (Å²) in [5.41, 5.74) is 1.12. The third kappa shape index (κ3) is 3.03. The topological polar surface area (TPSA) is 96.6 Å². The molecule has 0 bridgehead atoms. The SMILES string of the molecule is Cc1cc(S(=O)(=O)NCc2ccoc2)sc1C(=O)O. The van der Waals surface area contributed by atoms with Crippen molar-refractivity contribution in [3.8, 4) is 0 Å². The number of furan rings is 1. The molecule has 2 aromatic rings. The number of rotatable bonds is 5. The molecule has 0 spiro atoms. The number of aromatic carboxylic acids is 1. The highest BCUT2D eigenvalue weighted by Gasteiger charge is 2.21. The number of aryl methyl sites for hydroxylation is 1. The Morgan fingerprint density at radius 1 is 1.53 bits per heavy atom. The molecule has 0 amide bonds. The van der Waals surface area contributed by atoms with Crippen molar-refractivity contribution in [2.45, 2.75) is 17.7 Å². The molecule has 2 aromatic heterocycles. The summed E-state index contributed by atoms with van der Waals surface area (Å²) in [7, 11) is -3.71. The van der Waals surface area contributed by atoms with E-state index in [-0.39, 0.29) is 15.6 Å². The van der Waals surface area contributed by atoms with Crippen molar-refractivity contribution in [3.05, 3.63) is 40.7 Å². The first-order valence-electron chi connectivity index (χ1n) is 5.24. The van der Waals surface area contributed by atoms with Crippen LogP contribution in [0.5, 0.6) is 0 Å². The van der Waals surface area contributed by atoms with E-state index in [2.05, 4.69) is 4.72 Å². The predicted molar refractivity (Wildman–Crippen MR) is 68.7 cm³/mol. The Hall–Kier alpha value is -1.64. The molecule has 0 aliphatic carbocycles. The standard InChI is InChI=1S/C11H11NO5S2/c1-7-4-9(18-10(7)11(13)14)19(15,16)12-5-8-2-3-17-6-8/h2-4,6,12H,5H2,1H3,(H,13,14). The van der Waals surface area contributed by atoms with Gasteiger partial charge in [0.15, 0.2) is 0 Å². The summed E-state index contributed by atoms with van der Waals surface area (Å²) in [5.74, 6) is -1.13. The van der Waals surface area contributed by atoms with Gasteiger partial charge in [0.1, 0.15) is 9.09 Å². The lowest BCUT2D eigenvalue weighted by atomic mass is 10.3. The number of sulfonamides is 1. The Labute approximate surface area is 113 Å². The smallest absolute Gasteiger partial charge is 0.346 e. The van der Waals surface area contributed by atoms with Gasteiger partial charge in [-0.3, -0.25) is 0 Å². The van der Waals surface area contributed by atoms with E-state index < -0.39 is 16.0 Å². The average molecular weight is 301 g/mol. The van der Waals surface area contributed by atoms with Gasteiger partial charge in [0.05, 0.1) is 12.5 Å². The minimum atomic E-state index is -3.71. The maximum absolute atomic E-state index is 12.0. The maximum atomic E-state index is 12.0. The molecule has 0 aliphatic heterocycles. The van der Waals surface area contributed by atoms with Crippen molar-refractivity contribution in [3.63, 3.8) is 0 Å². The van der Waals surface area contributed by atoms with Gasteiger partial charge in [0.2, 0.25) is 10.0 Å². The largest absolute Gasteiger partial charge is 0.477 e. The quantitative estimate of drug-likeness (QED) is 0.878. The molecule has 0 radical (unpaired) electrons. The lowest BCUT2D eigenvalue weighted by Crippen LogP contribution is -2.22. The van der Waals surface area contributed by atoms with Crippen LogP contribution in [0.1, 0.15) is 20.8 Å². The number of nitrogens with one attached hydrogen (secondary N) is 1. The highest BCUT2D eigenvalue weighted by molar-refractivity contribution is 7.91.